The largest absolute Gasteiger partial charge is 0.493 e. The molecule has 1 N–H and O–H groups in total. The molecule has 7 heteroatoms. The molecule has 1 unspecified atom stereocenters. The number of hydrogen-bond donors (Lipinski definition) is 1. The number of carboxylic acid groups (broad SMARTS) is 1. The van der Waals surface area contributed by atoms with Crippen LogP contribution in [0.15, 0.2) is 23.1 Å². The van der Waals surface area contributed by atoms with Gasteiger partial charge in [-0.3, -0.25) is 4.79 Å². The quantitative estimate of drug-likeness (QED) is 0.790. The molecular formula is C14H20O6S. The highest BCUT2D eigenvalue weighted by molar-refractivity contribution is 7.92. The SMILES string of the molecule is CCCC(CC(=O)O)S(=O)(=O)c1ccc(OC)c(OC)c1. The molecule has 0 aromatic heterocycles. The van der Waals surface area contributed by atoms with E-state index in [2.05, 4.69) is 0 Å². The van der Waals surface area contributed by atoms with Crippen molar-refractivity contribution in [2.75, 3.05) is 14.2 Å². The maximum absolute atomic E-state index is 12.6. The number of sulfone groups is 1. The van der Waals surface area contributed by atoms with Gasteiger partial charge >= 0.3 is 5.97 Å². The van der Waals surface area contributed by atoms with E-state index in [1.54, 1.807) is 0 Å². The van der Waals surface area contributed by atoms with Gasteiger partial charge in [0.2, 0.25) is 0 Å². The van der Waals surface area contributed by atoms with Crippen LogP contribution in [0.2, 0.25) is 0 Å². The Hall–Kier alpha value is -1.76. The minimum atomic E-state index is -3.73. The molecule has 118 valence electrons. The molecule has 1 rings (SSSR count). The number of rotatable bonds is 8. The lowest BCUT2D eigenvalue weighted by Gasteiger charge is -2.16. The van der Waals surface area contributed by atoms with Crippen molar-refractivity contribution in [2.24, 2.45) is 0 Å². The summed E-state index contributed by atoms with van der Waals surface area (Å²) < 4.78 is 35.3. The summed E-state index contributed by atoms with van der Waals surface area (Å²) in [5.41, 5.74) is 0. The molecule has 0 aliphatic carbocycles. The fourth-order valence-electron chi connectivity index (χ4n) is 2.07. The summed E-state index contributed by atoms with van der Waals surface area (Å²) >= 11 is 0. The van der Waals surface area contributed by atoms with Crippen LogP contribution < -0.4 is 9.47 Å². The minimum Gasteiger partial charge on any atom is -0.493 e. The third-order valence-electron chi connectivity index (χ3n) is 3.14. The third-order valence-corrected chi connectivity index (χ3v) is 5.33. The van der Waals surface area contributed by atoms with Crippen molar-refractivity contribution >= 4 is 15.8 Å². The average molecular weight is 316 g/mol. The molecule has 1 aromatic carbocycles. The number of carbonyl (C=O) groups is 1. The number of hydrogen-bond acceptors (Lipinski definition) is 5. The van der Waals surface area contributed by atoms with Crippen LogP contribution in [0.3, 0.4) is 0 Å². The van der Waals surface area contributed by atoms with Crippen LogP contribution in [-0.4, -0.2) is 39.0 Å². The number of methoxy groups -OCH3 is 2. The molecule has 1 atom stereocenters. The van der Waals surface area contributed by atoms with Crippen molar-refractivity contribution in [2.45, 2.75) is 36.3 Å². The highest BCUT2D eigenvalue weighted by atomic mass is 32.2. The zero-order chi connectivity index (χ0) is 16.0. The van der Waals surface area contributed by atoms with E-state index in [0.717, 1.165) is 0 Å². The van der Waals surface area contributed by atoms with Crippen LogP contribution in [0.1, 0.15) is 26.2 Å². The molecule has 0 radical (unpaired) electrons. The predicted molar refractivity (Wildman–Crippen MR) is 77.7 cm³/mol. The van der Waals surface area contributed by atoms with Crippen molar-refractivity contribution in [3.8, 4) is 11.5 Å². The molecule has 0 amide bonds. The van der Waals surface area contributed by atoms with E-state index in [1.807, 2.05) is 6.92 Å². The normalized spacial score (nSPS) is 12.7. The monoisotopic (exact) mass is 316 g/mol. The van der Waals surface area contributed by atoms with Gasteiger partial charge in [0.15, 0.2) is 21.3 Å². The van der Waals surface area contributed by atoms with E-state index in [0.29, 0.717) is 24.3 Å². The van der Waals surface area contributed by atoms with Crippen LogP contribution in [-0.2, 0) is 14.6 Å². The third kappa shape index (κ3) is 4.10. The van der Waals surface area contributed by atoms with E-state index in [-0.39, 0.29) is 4.90 Å². The van der Waals surface area contributed by atoms with Crippen molar-refractivity contribution in [1.82, 2.24) is 0 Å². The lowest BCUT2D eigenvalue weighted by atomic mass is 10.2. The number of benzene rings is 1. The van der Waals surface area contributed by atoms with E-state index in [1.165, 1.54) is 32.4 Å². The molecule has 0 saturated carbocycles. The van der Waals surface area contributed by atoms with Gasteiger partial charge in [-0.15, -0.1) is 0 Å². The van der Waals surface area contributed by atoms with E-state index in [4.69, 9.17) is 14.6 Å². The van der Waals surface area contributed by atoms with Crippen LogP contribution in [0, 0.1) is 0 Å². The van der Waals surface area contributed by atoms with Gasteiger partial charge in [-0.05, 0) is 18.6 Å². The average Bonchev–Trinajstić information content (AvgIpc) is 2.45. The van der Waals surface area contributed by atoms with Gasteiger partial charge in [0.1, 0.15) is 0 Å². The van der Waals surface area contributed by atoms with Gasteiger partial charge in [-0.25, -0.2) is 8.42 Å². The van der Waals surface area contributed by atoms with Crippen LogP contribution in [0.25, 0.3) is 0 Å². The Bertz CT molecular complexity index is 593. The molecule has 21 heavy (non-hydrogen) atoms. The first kappa shape index (κ1) is 17.3. The molecule has 0 aliphatic rings. The summed E-state index contributed by atoms with van der Waals surface area (Å²) in [6.45, 7) is 1.82. The first-order valence-electron chi connectivity index (χ1n) is 6.54. The van der Waals surface area contributed by atoms with Crippen molar-refractivity contribution in [1.29, 1.82) is 0 Å². The molecule has 0 aliphatic heterocycles. The first-order valence-corrected chi connectivity index (χ1v) is 8.09. The zero-order valence-electron chi connectivity index (χ0n) is 12.3. The second kappa shape index (κ2) is 7.31. The Morgan fingerprint density at radius 2 is 1.86 bits per heavy atom. The van der Waals surface area contributed by atoms with Gasteiger partial charge in [0.05, 0.1) is 30.8 Å². The number of carboxylic acids is 1. The zero-order valence-corrected chi connectivity index (χ0v) is 13.1. The van der Waals surface area contributed by atoms with Gasteiger partial charge in [-0.2, -0.15) is 0 Å². The van der Waals surface area contributed by atoms with Crippen LogP contribution >= 0.6 is 0 Å². The van der Waals surface area contributed by atoms with Gasteiger partial charge in [0, 0.05) is 6.07 Å². The molecule has 0 fully saturated rings. The lowest BCUT2D eigenvalue weighted by Crippen LogP contribution is -2.24. The number of ether oxygens (including phenoxy) is 2. The predicted octanol–water partition coefficient (Wildman–Crippen LogP) is 2.12. The maximum atomic E-state index is 12.6. The minimum absolute atomic E-state index is 0.0415. The summed E-state index contributed by atoms with van der Waals surface area (Å²) in [4.78, 5) is 10.9. The summed E-state index contributed by atoms with van der Waals surface area (Å²) in [6, 6.07) is 4.26. The Morgan fingerprint density at radius 1 is 1.24 bits per heavy atom. The summed E-state index contributed by atoms with van der Waals surface area (Å²) in [7, 11) is -0.866. The topological polar surface area (TPSA) is 89.9 Å². The Morgan fingerprint density at radius 3 is 2.33 bits per heavy atom. The second-order valence-electron chi connectivity index (χ2n) is 4.57. The molecule has 0 spiro atoms. The molecule has 6 nitrogen and oxygen atoms in total. The fraction of sp³-hybridized carbons (Fsp3) is 0.500. The highest BCUT2D eigenvalue weighted by Crippen LogP contribution is 2.32. The Kier molecular flexibility index (Phi) is 6.02. The van der Waals surface area contributed by atoms with E-state index >= 15 is 0 Å². The first-order chi connectivity index (χ1) is 9.86. The standard InChI is InChI=1S/C14H20O6S/c1-4-5-10(9-14(15)16)21(17,18)11-6-7-12(19-2)13(8-11)20-3/h6-8,10H,4-5,9H2,1-3H3,(H,15,16). The number of aliphatic carboxylic acids is 1. The fourth-order valence-corrected chi connectivity index (χ4v) is 3.89. The summed E-state index contributed by atoms with van der Waals surface area (Å²) in [5.74, 6) is -0.414. The van der Waals surface area contributed by atoms with Gasteiger partial charge in [0.25, 0.3) is 0 Å². The van der Waals surface area contributed by atoms with Gasteiger partial charge < -0.3 is 14.6 Å². The van der Waals surface area contributed by atoms with Crippen LogP contribution in [0.5, 0.6) is 11.5 Å². The van der Waals surface area contributed by atoms with E-state index < -0.39 is 27.5 Å². The van der Waals surface area contributed by atoms with Gasteiger partial charge in [-0.1, -0.05) is 13.3 Å². The Labute approximate surface area is 124 Å². The smallest absolute Gasteiger partial charge is 0.304 e. The molecule has 0 heterocycles. The molecular weight excluding hydrogens is 296 g/mol. The van der Waals surface area contributed by atoms with Crippen molar-refractivity contribution in [3.05, 3.63) is 18.2 Å². The Balaban J connectivity index is 3.24. The summed E-state index contributed by atoms with van der Waals surface area (Å²) in [6.07, 6.45) is 0.470. The summed E-state index contributed by atoms with van der Waals surface area (Å²) in [5, 5.41) is 7.95. The second-order valence-corrected chi connectivity index (χ2v) is 6.80. The van der Waals surface area contributed by atoms with E-state index in [9.17, 15) is 13.2 Å². The molecule has 0 saturated heterocycles. The highest BCUT2D eigenvalue weighted by Gasteiger charge is 2.29. The molecule has 1 aromatic rings. The maximum Gasteiger partial charge on any atom is 0.304 e. The van der Waals surface area contributed by atoms with Crippen molar-refractivity contribution < 1.29 is 27.8 Å². The van der Waals surface area contributed by atoms with Crippen molar-refractivity contribution in [3.63, 3.8) is 0 Å². The lowest BCUT2D eigenvalue weighted by molar-refractivity contribution is -0.137. The molecule has 0 bridgehead atoms. The van der Waals surface area contributed by atoms with Crippen LogP contribution in [0.4, 0.5) is 0 Å².